The number of hydrogen-bond donors (Lipinski definition) is 1. The molecule has 1 aromatic heterocycles. The Labute approximate surface area is 109 Å². The van der Waals surface area contributed by atoms with Crippen molar-refractivity contribution in [3.8, 4) is 11.4 Å². The van der Waals surface area contributed by atoms with Gasteiger partial charge in [-0.3, -0.25) is 4.79 Å². The maximum atomic E-state index is 13.5. The molecule has 0 saturated carbocycles. The van der Waals surface area contributed by atoms with Crippen LogP contribution in [0, 0.1) is 5.82 Å². The Bertz CT molecular complexity index is 569. The second-order valence-electron chi connectivity index (χ2n) is 4.02. The molecule has 0 fully saturated rings. The summed E-state index contributed by atoms with van der Waals surface area (Å²) < 4.78 is 18.5. The van der Waals surface area contributed by atoms with E-state index < -0.39 is 5.82 Å². The molecule has 2 aromatic rings. The Morgan fingerprint density at radius 3 is 2.95 bits per heavy atom. The average molecular weight is 263 g/mol. The third kappa shape index (κ3) is 3.37. The molecule has 0 unspecified atom stereocenters. The van der Waals surface area contributed by atoms with Gasteiger partial charge in [-0.2, -0.15) is 4.98 Å². The van der Waals surface area contributed by atoms with Gasteiger partial charge in [0.15, 0.2) is 0 Å². The molecule has 0 saturated heterocycles. The minimum Gasteiger partial charge on any atom is -0.347 e. The number of carbonyl (C=O) groups is 1. The maximum Gasteiger partial charge on any atom is 0.246 e. The van der Waals surface area contributed by atoms with Crippen molar-refractivity contribution in [1.29, 1.82) is 0 Å². The number of hydrogen-bond acceptors (Lipinski definition) is 4. The van der Waals surface area contributed by atoms with Gasteiger partial charge in [0.2, 0.25) is 17.6 Å². The van der Waals surface area contributed by atoms with Crippen LogP contribution >= 0.6 is 0 Å². The molecule has 0 aliphatic carbocycles. The number of amides is 1. The lowest BCUT2D eigenvalue weighted by atomic mass is 10.2. The first-order valence-electron chi connectivity index (χ1n) is 6.05. The lowest BCUT2D eigenvalue weighted by Gasteiger charge is -1.99. The highest BCUT2D eigenvalue weighted by atomic mass is 19.1. The number of halogens is 1. The molecule has 0 aliphatic rings. The molecule has 0 radical (unpaired) electrons. The molecule has 6 heteroatoms. The van der Waals surface area contributed by atoms with Crippen LogP contribution in [0.2, 0.25) is 0 Å². The van der Waals surface area contributed by atoms with E-state index in [0.717, 1.165) is 6.42 Å². The van der Waals surface area contributed by atoms with E-state index in [-0.39, 0.29) is 29.7 Å². The fourth-order valence-electron chi connectivity index (χ4n) is 1.57. The van der Waals surface area contributed by atoms with Crippen molar-refractivity contribution in [2.75, 3.05) is 0 Å². The van der Waals surface area contributed by atoms with Crippen LogP contribution in [0.25, 0.3) is 11.4 Å². The van der Waals surface area contributed by atoms with Gasteiger partial charge in [0.05, 0.1) is 12.1 Å². The predicted molar refractivity (Wildman–Crippen MR) is 66.4 cm³/mol. The molecule has 0 spiro atoms. The third-order valence-corrected chi connectivity index (χ3v) is 2.50. The van der Waals surface area contributed by atoms with Gasteiger partial charge in [-0.25, -0.2) is 4.39 Å². The molecular formula is C13H14FN3O2. The number of nitrogens with zero attached hydrogens (tertiary/aromatic N) is 2. The molecule has 5 nitrogen and oxygen atoms in total. The SMILES string of the molecule is CCCC(=O)NCc1nc(-c2ccccc2F)no1. The molecule has 0 aliphatic heterocycles. The number of benzene rings is 1. The molecule has 1 aromatic carbocycles. The summed E-state index contributed by atoms with van der Waals surface area (Å²) in [4.78, 5) is 15.3. The van der Waals surface area contributed by atoms with E-state index in [2.05, 4.69) is 15.5 Å². The van der Waals surface area contributed by atoms with Crippen LogP contribution in [0.5, 0.6) is 0 Å². The van der Waals surface area contributed by atoms with Crippen molar-refractivity contribution in [3.05, 3.63) is 36.0 Å². The first kappa shape index (κ1) is 13.2. The molecular weight excluding hydrogens is 249 g/mol. The average Bonchev–Trinajstić information content (AvgIpc) is 2.86. The summed E-state index contributed by atoms with van der Waals surface area (Å²) >= 11 is 0. The van der Waals surface area contributed by atoms with E-state index in [9.17, 15) is 9.18 Å². The first-order chi connectivity index (χ1) is 9.20. The highest BCUT2D eigenvalue weighted by Crippen LogP contribution is 2.18. The summed E-state index contributed by atoms with van der Waals surface area (Å²) in [5, 5.41) is 6.34. The summed E-state index contributed by atoms with van der Waals surface area (Å²) in [6.07, 6.45) is 1.23. The second kappa shape index (κ2) is 6.08. The molecule has 1 amide bonds. The number of carbonyl (C=O) groups excluding carboxylic acids is 1. The van der Waals surface area contributed by atoms with Gasteiger partial charge in [-0.15, -0.1) is 0 Å². The number of nitrogens with one attached hydrogen (secondary N) is 1. The lowest BCUT2D eigenvalue weighted by molar-refractivity contribution is -0.121. The molecule has 100 valence electrons. The monoisotopic (exact) mass is 263 g/mol. The normalized spacial score (nSPS) is 10.4. The Morgan fingerprint density at radius 2 is 2.21 bits per heavy atom. The van der Waals surface area contributed by atoms with Crippen LogP contribution < -0.4 is 5.32 Å². The minimum absolute atomic E-state index is 0.0758. The molecule has 2 rings (SSSR count). The zero-order chi connectivity index (χ0) is 13.7. The van der Waals surface area contributed by atoms with Gasteiger partial charge in [0.1, 0.15) is 5.82 Å². The van der Waals surface area contributed by atoms with Crippen LogP contribution in [-0.4, -0.2) is 16.0 Å². The van der Waals surface area contributed by atoms with E-state index in [4.69, 9.17) is 4.52 Å². The van der Waals surface area contributed by atoms with E-state index >= 15 is 0 Å². The van der Waals surface area contributed by atoms with Crippen molar-refractivity contribution in [2.45, 2.75) is 26.3 Å². The van der Waals surface area contributed by atoms with E-state index in [1.165, 1.54) is 6.07 Å². The number of rotatable bonds is 5. The third-order valence-electron chi connectivity index (χ3n) is 2.50. The van der Waals surface area contributed by atoms with E-state index in [1.54, 1.807) is 18.2 Å². The summed E-state index contributed by atoms with van der Waals surface area (Å²) in [6.45, 7) is 2.07. The summed E-state index contributed by atoms with van der Waals surface area (Å²) in [7, 11) is 0. The molecule has 0 bridgehead atoms. The Kier molecular flexibility index (Phi) is 4.22. The second-order valence-corrected chi connectivity index (χ2v) is 4.02. The highest BCUT2D eigenvalue weighted by molar-refractivity contribution is 5.75. The summed E-state index contributed by atoms with van der Waals surface area (Å²) in [5.74, 6) is -0.0569. The van der Waals surface area contributed by atoms with Crippen LogP contribution in [0.15, 0.2) is 28.8 Å². The Morgan fingerprint density at radius 1 is 1.42 bits per heavy atom. The van der Waals surface area contributed by atoms with Gasteiger partial charge in [0.25, 0.3) is 0 Å². The van der Waals surface area contributed by atoms with Crippen molar-refractivity contribution in [3.63, 3.8) is 0 Å². The molecule has 0 atom stereocenters. The van der Waals surface area contributed by atoms with Gasteiger partial charge >= 0.3 is 0 Å². The summed E-state index contributed by atoms with van der Waals surface area (Å²) in [5.41, 5.74) is 0.275. The zero-order valence-electron chi connectivity index (χ0n) is 10.5. The zero-order valence-corrected chi connectivity index (χ0v) is 10.5. The fraction of sp³-hybridized carbons (Fsp3) is 0.308. The predicted octanol–water partition coefficient (Wildman–Crippen LogP) is 2.29. The van der Waals surface area contributed by atoms with Crippen molar-refractivity contribution >= 4 is 5.91 Å². The summed E-state index contributed by atoms with van der Waals surface area (Å²) in [6, 6.07) is 6.18. The maximum absolute atomic E-state index is 13.5. The van der Waals surface area contributed by atoms with Gasteiger partial charge in [-0.05, 0) is 18.6 Å². The van der Waals surface area contributed by atoms with Crippen LogP contribution in [0.1, 0.15) is 25.7 Å². The van der Waals surface area contributed by atoms with Gasteiger partial charge in [0, 0.05) is 6.42 Å². The standard InChI is InChI=1S/C13H14FN3O2/c1-2-5-11(18)15-8-12-16-13(17-19-12)9-6-3-4-7-10(9)14/h3-4,6-7H,2,5,8H2,1H3,(H,15,18). The van der Waals surface area contributed by atoms with Gasteiger partial charge < -0.3 is 9.84 Å². The molecule has 1 heterocycles. The van der Waals surface area contributed by atoms with Crippen LogP contribution in [-0.2, 0) is 11.3 Å². The fourth-order valence-corrected chi connectivity index (χ4v) is 1.57. The van der Waals surface area contributed by atoms with Crippen LogP contribution in [0.4, 0.5) is 4.39 Å². The van der Waals surface area contributed by atoms with Crippen molar-refractivity contribution in [1.82, 2.24) is 15.5 Å². The Hall–Kier alpha value is -2.24. The molecule has 19 heavy (non-hydrogen) atoms. The molecule has 1 N–H and O–H groups in total. The number of aromatic nitrogens is 2. The van der Waals surface area contributed by atoms with Crippen molar-refractivity contribution < 1.29 is 13.7 Å². The van der Waals surface area contributed by atoms with Crippen LogP contribution in [0.3, 0.4) is 0 Å². The topological polar surface area (TPSA) is 68.0 Å². The first-order valence-corrected chi connectivity index (χ1v) is 6.05. The highest BCUT2D eigenvalue weighted by Gasteiger charge is 2.12. The lowest BCUT2D eigenvalue weighted by Crippen LogP contribution is -2.22. The van der Waals surface area contributed by atoms with E-state index in [0.29, 0.717) is 6.42 Å². The van der Waals surface area contributed by atoms with E-state index in [1.807, 2.05) is 6.92 Å². The minimum atomic E-state index is -0.412. The van der Waals surface area contributed by atoms with Crippen molar-refractivity contribution in [2.24, 2.45) is 0 Å². The smallest absolute Gasteiger partial charge is 0.246 e. The Balaban J connectivity index is 2.04. The quantitative estimate of drug-likeness (QED) is 0.898. The van der Waals surface area contributed by atoms with Gasteiger partial charge in [-0.1, -0.05) is 24.2 Å². The largest absolute Gasteiger partial charge is 0.347 e.